The van der Waals surface area contributed by atoms with Gasteiger partial charge in [0.15, 0.2) is 9.84 Å². The zero-order valence-corrected chi connectivity index (χ0v) is 10.1. The average molecular weight is 244 g/mol. The van der Waals surface area contributed by atoms with E-state index in [1.807, 2.05) is 18.7 Å². The van der Waals surface area contributed by atoms with Crippen molar-refractivity contribution in [3.05, 3.63) is 0 Å². The van der Waals surface area contributed by atoms with Crippen molar-refractivity contribution in [3.8, 4) is 0 Å². The molecular weight excluding hydrogens is 226 g/mol. The van der Waals surface area contributed by atoms with Gasteiger partial charge in [0.05, 0.1) is 23.7 Å². The number of rotatable bonds is 3. The molecule has 0 spiro atoms. The fourth-order valence-electron chi connectivity index (χ4n) is 1.85. The van der Waals surface area contributed by atoms with E-state index in [1.54, 1.807) is 0 Å². The molecule has 0 bridgehead atoms. The Bertz CT molecular complexity index is 264. The zero-order chi connectivity index (χ0) is 10.1. The minimum Gasteiger partial charge on any atom is -0.390 e. The van der Waals surface area contributed by atoms with E-state index in [2.05, 4.69) is 0 Å². The van der Waals surface area contributed by atoms with E-state index in [0.717, 1.165) is 13.1 Å². The van der Waals surface area contributed by atoms with E-state index in [9.17, 15) is 13.5 Å². The number of aliphatic hydroxyl groups is 1. The number of sulfone groups is 1. The Balaban J connectivity index is 0.00000169. The topological polar surface area (TPSA) is 57.6 Å². The molecule has 1 N–H and O–H groups in total. The minimum absolute atomic E-state index is 0. The predicted molar refractivity (Wildman–Crippen MR) is 58.6 cm³/mol. The zero-order valence-electron chi connectivity index (χ0n) is 8.51. The Hall–Kier alpha value is 0.160. The van der Waals surface area contributed by atoms with Crippen molar-refractivity contribution < 1.29 is 13.5 Å². The van der Waals surface area contributed by atoms with Gasteiger partial charge in [0, 0.05) is 0 Å². The molecule has 1 fully saturated rings. The van der Waals surface area contributed by atoms with Crippen molar-refractivity contribution >= 4 is 22.2 Å². The fourth-order valence-corrected chi connectivity index (χ4v) is 3.68. The SMILES string of the molecule is CCN(CC)C1CS(=O)(=O)CC1O.Cl. The van der Waals surface area contributed by atoms with Crippen molar-refractivity contribution in [2.24, 2.45) is 0 Å². The predicted octanol–water partition coefficient (Wildman–Crippen LogP) is -0.0921. The highest BCUT2D eigenvalue weighted by atomic mass is 35.5. The second-order valence-corrected chi connectivity index (χ2v) is 5.59. The largest absolute Gasteiger partial charge is 0.390 e. The molecule has 2 atom stereocenters. The van der Waals surface area contributed by atoms with Crippen molar-refractivity contribution in [2.45, 2.75) is 26.0 Å². The van der Waals surface area contributed by atoms with Crippen LogP contribution in [0, 0.1) is 0 Å². The monoisotopic (exact) mass is 243 g/mol. The van der Waals surface area contributed by atoms with Gasteiger partial charge >= 0.3 is 0 Å². The molecule has 0 amide bonds. The second kappa shape index (κ2) is 5.30. The highest BCUT2D eigenvalue weighted by molar-refractivity contribution is 7.91. The Morgan fingerprint density at radius 2 is 1.79 bits per heavy atom. The summed E-state index contributed by atoms with van der Waals surface area (Å²) < 4.78 is 22.4. The molecule has 14 heavy (non-hydrogen) atoms. The smallest absolute Gasteiger partial charge is 0.154 e. The third-order valence-corrected chi connectivity index (χ3v) is 4.27. The van der Waals surface area contributed by atoms with E-state index < -0.39 is 15.9 Å². The first-order chi connectivity index (χ1) is 6.00. The summed E-state index contributed by atoms with van der Waals surface area (Å²) in [5.74, 6) is 0.0318. The Kier molecular flexibility index (Phi) is 5.36. The summed E-state index contributed by atoms with van der Waals surface area (Å²) >= 11 is 0. The Labute approximate surface area is 91.6 Å². The highest BCUT2D eigenvalue weighted by Crippen LogP contribution is 2.17. The van der Waals surface area contributed by atoms with Crippen molar-refractivity contribution in [1.82, 2.24) is 4.90 Å². The van der Waals surface area contributed by atoms with Crippen LogP contribution in [0.5, 0.6) is 0 Å². The number of hydrogen-bond acceptors (Lipinski definition) is 4. The van der Waals surface area contributed by atoms with Gasteiger partial charge in [-0.1, -0.05) is 13.8 Å². The molecular formula is C8H18ClNO3S. The van der Waals surface area contributed by atoms with Crippen LogP contribution in [0.3, 0.4) is 0 Å². The van der Waals surface area contributed by atoms with Gasteiger partial charge in [-0.25, -0.2) is 8.42 Å². The first-order valence-corrected chi connectivity index (χ1v) is 6.44. The van der Waals surface area contributed by atoms with Crippen LogP contribution in [0.2, 0.25) is 0 Å². The third kappa shape index (κ3) is 3.08. The maximum Gasteiger partial charge on any atom is 0.154 e. The Morgan fingerprint density at radius 3 is 2.07 bits per heavy atom. The molecule has 1 rings (SSSR count). The molecule has 0 aromatic carbocycles. The molecule has 86 valence electrons. The third-order valence-electron chi connectivity index (χ3n) is 2.57. The lowest BCUT2D eigenvalue weighted by atomic mass is 10.2. The van der Waals surface area contributed by atoms with Crippen LogP contribution in [0.15, 0.2) is 0 Å². The maximum absolute atomic E-state index is 11.2. The number of halogens is 1. The first-order valence-electron chi connectivity index (χ1n) is 4.62. The Morgan fingerprint density at radius 1 is 1.29 bits per heavy atom. The average Bonchev–Trinajstić information content (AvgIpc) is 2.28. The van der Waals surface area contributed by atoms with Crippen molar-refractivity contribution in [1.29, 1.82) is 0 Å². The van der Waals surface area contributed by atoms with Gasteiger partial charge in [0.2, 0.25) is 0 Å². The second-order valence-electron chi connectivity index (χ2n) is 3.43. The van der Waals surface area contributed by atoms with Gasteiger partial charge in [0.25, 0.3) is 0 Å². The van der Waals surface area contributed by atoms with Crippen molar-refractivity contribution in [3.63, 3.8) is 0 Å². The van der Waals surface area contributed by atoms with Crippen LogP contribution < -0.4 is 0 Å². The number of aliphatic hydroxyl groups excluding tert-OH is 1. The van der Waals surface area contributed by atoms with Crippen LogP contribution >= 0.6 is 12.4 Å². The summed E-state index contributed by atoms with van der Waals surface area (Å²) in [7, 11) is -3.00. The number of likely N-dealkylation sites (N-methyl/N-ethyl adjacent to an activating group) is 1. The van der Waals surface area contributed by atoms with E-state index in [-0.39, 0.29) is 30.0 Å². The summed E-state index contributed by atoms with van der Waals surface area (Å²) in [6, 6.07) is -0.194. The lowest BCUT2D eigenvalue weighted by molar-refractivity contribution is 0.0901. The molecule has 1 saturated heterocycles. The molecule has 2 unspecified atom stereocenters. The minimum atomic E-state index is -3.00. The van der Waals surface area contributed by atoms with Crippen LogP contribution in [0.4, 0.5) is 0 Å². The first kappa shape index (κ1) is 14.2. The van der Waals surface area contributed by atoms with Gasteiger partial charge in [-0.2, -0.15) is 0 Å². The molecule has 0 saturated carbocycles. The summed E-state index contributed by atoms with van der Waals surface area (Å²) in [6.45, 7) is 5.52. The molecule has 1 aliphatic rings. The summed E-state index contributed by atoms with van der Waals surface area (Å²) in [4.78, 5) is 2.00. The molecule has 0 aromatic rings. The number of hydrogen-bond donors (Lipinski definition) is 1. The van der Waals surface area contributed by atoms with E-state index >= 15 is 0 Å². The number of nitrogens with zero attached hydrogens (tertiary/aromatic N) is 1. The molecule has 4 nitrogen and oxygen atoms in total. The molecule has 1 heterocycles. The quantitative estimate of drug-likeness (QED) is 0.753. The van der Waals surface area contributed by atoms with Gasteiger partial charge in [-0.3, -0.25) is 4.90 Å². The maximum atomic E-state index is 11.2. The molecule has 0 aromatic heterocycles. The summed E-state index contributed by atoms with van der Waals surface area (Å²) in [5.41, 5.74) is 0. The van der Waals surface area contributed by atoms with E-state index in [4.69, 9.17) is 0 Å². The highest BCUT2D eigenvalue weighted by Gasteiger charge is 2.38. The van der Waals surface area contributed by atoms with Crippen LogP contribution in [0.25, 0.3) is 0 Å². The van der Waals surface area contributed by atoms with E-state index in [0.29, 0.717) is 0 Å². The van der Waals surface area contributed by atoms with Gasteiger partial charge in [-0.05, 0) is 13.1 Å². The lowest BCUT2D eigenvalue weighted by Crippen LogP contribution is -2.42. The van der Waals surface area contributed by atoms with Crippen molar-refractivity contribution in [2.75, 3.05) is 24.6 Å². The summed E-state index contributed by atoms with van der Waals surface area (Å²) in [5, 5.41) is 9.54. The van der Waals surface area contributed by atoms with Gasteiger partial charge in [-0.15, -0.1) is 12.4 Å². The molecule has 1 aliphatic heterocycles. The van der Waals surface area contributed by atoms with E-state index in [1.165, 1.54) is 0 Å². The summed E-state index contributed by atoms with van der Waals surface area (Å²) in [6.07, 6.45) is -0.704. The lowest BCUT2D eigenvalue weighted by Gasteiger charge is -2.27. The van der Waals surface area contributed by atoms with Crippen LogP contribution in [-0.4, -0.2) is 55.2 Å². The standard InChI is InChI=1S/C8H17NO3S.ClH/c1-3-9(4-2)7-5-13(11,12)6-8(7)10;/h7-8,10H,3-6H2,1-2H3;1H. The van der Waals surface area contributed by atoms with Crippen LogP contribution in [0.1, 0.15) is 13.8 Å². The molecule has 0 aliphatic carbocycles. The molecule has 6 heteroatoms. The molecule has 0 radical (unpaired) electrons. The van der Waals surface area contributed by atoms with Crippen LogP contribution in [-0.2, 0) is 9.84 Å². The normalized spacial score (nSPS) is 30.3. The van der Waals surface area contributed by atoms with Gasteiger partial charge in [0.1, 0.15) is 0 Å². The van der Waals surface area contributed by atoms with Gasteiger partial charge < -0.3 is 5.11 Å². The fraction of sp³-hybridized carbons (Fsp3) is 1.00.